The maximum absolute atomic E-state index is 11.6. The molecule has 0 aliphatic heterocycles. The molecule has 0 bridgehead atoms. The summed E-state index contributed by atoms with van der Waals surface area (Å²) < 4.78 is 1.10. The predicted octanol–water partition coefficient (Wildman–Crippen LogP) is 3.82. The number of nitrogens with one attached hydrogen (secondary N) is 1. The lowest BCUT2D eigenvalue weighted by Crippen LogP contribution is -2.22. The Morgan fingerprint density at radius 1 is 1.35 bits per heavy atom. The third-order valence-corrected chi connectivity index (χ3v) is 4.62. The molecule has 0 spiro atoms. The Morgan fingerprint density at radius 3 is 2.88 bits per heavy atom. The molecule has 1 N–H and O–H groups in total. The number of hydrogen-bond donors (Lipinski definition) is 1. The van der Waals surface area contributed by atoms with Gasteiger partial charge in [0.2, 0.25) is 5.91 Å². The fourth-order valence-corrected chi connectivity index (χ4v) is 3.33. The largest absolute Gasteiger partial charge is 0.352 e. The summed E-state index contributed by atoms with van der Waals surface area (Å²) in [6.45, 7) is 0.616. The van der Waals surface area contributed by atoms with Crippen molar-refractivity contribution < 1.29 is 4.79 Å². The van der Waals surface area contributed by atoms with Gasteiger partial charge in [0.1, 0.15) is 0 Å². The molecule has 0 unspecified atom stereocenters. The second-order valence-electron chi connectivity index (χ2n) is 3.67. The summed E-state index contributed by atoms with van der Waals surface area (Å²) in [5.74, 6) is 0.110. The van der Waals surface area contributed by atoms with Crippen LogP contribution in [-0.4, -0.2) is 5.91 Å². The lowest BCUT2D eigenvalue weighted by Gasteiger charge is -2.02. The van der Waals surface area contributed by atoms with Gasteiger partial charge in [0.25, 0.3) is 0 Å². The van der Waals surface area contributed by atoms with Crippen LogP contribution in [0.1, 0.15) is 17.5 Å². The Kier molecular flexibility index (Phi) is 4.76. The summed E-state index contributed by atoms with van der Waals surface area (Å²) in [5, 5.41) is 9.09. The molecule has 17 heavy (non-hydrogen) atoms. The molecule has 2 aromatic rings. The molecular formula is C12H12BrNOS2. The summed E-state index contributed by atoms with van der Waals surface area (Å²) in [7, 11) is 0. The van der Waals surface area contributed by atoms with Gasteiger partial charge in [-0.2, -0.15) is 11.3 Å². The minimum Gasteiger partial charge on any atom is -0.352 e. The molecule has 2 rings (SSSR count). The number of carbonyl (C=O) groups excluding carboxylic acids is 1. The minimum atomic E-state index is 0.110. The van der Waals surface area contributed by atoms with Crippen LogP contribution in [-0.2, 0) is 17.8 Å². The van der Waals surface area contributed by atoms with E-state index in [1.807, 2.05) is 16.8 Å². The average molecular weight is 330 g/mol. The van der Waals surface area contributed by atoms with Crippen LogP contribution < -0.4 is 5.32 Å². The number of thiophene rings is 2. The van der Waals surface area contributed by atoms with E-state index in [1.165, 1.54) is 5.56 Å². The molecule has 0 fully saturated rings. The van der Waals surface area contributed by atoms with Gasteiger partial charge in [0.05, 0.1) is 3.79 Å². The van der Waals surface area contributed by atoms with Gasteiger partial charge in [-0.3, -0.25) is 4.79 Å². The first-order chi connectivity index (χ1) is 8.24. The lowest BCUT2D eigenvalue weighted by atomic mass is 10.2. The van der Waals surface area contributed by atoms with Gasteiger partial charge in [-0.05, 0) is 61.8 Å². The smallest absolute Gasteiger partial charge is 0.220 e. The highest BCUT2D eigenvalue weighted by atomic mass is 79.9. The molecule has 2 aromatic heterocycles. The third kappa shape index (κ3) is 4.26. The summed E-state index contributed by atoms with van der Waals surface area (Å²) in [4.78, 5) is 11.6. The molecule has 2 nitrogen and oxygen atoms in total. The van der Waals surface area contributed by atoms with E-state index in [4.69, 9.17) is 0 Å². The van der Waals surface area contributed by atoms with E-state index in [9.17, 15) is 4.79 Å². The van der Waals surface area contributed by atoms with E-state index in [2.05, 4.69) is 32.7 Å². The first-order valence-corrected chi connectivity index (χ1v) is 7.86. The molecule has 5 heteroatoms. The monoisotopic (exact) mass is 329 g/mol. The molecule has 0 radical (unpaired) electrons. The van der Waals surface area contributed by atoms with Gasteiger partial charge >= 0.3 is 0 Å². The molecule has 0 saturated heterocycles. The van der Waals surface area contributed by atoms with Crippen molar-refractivity contribution in [2.45, 2.75) is 19.4 Å². The van der Waals surface area contributed by atoms with Crippen LogP contribution in [0.15, 0.2) is 32.1 Å². The number of halogens is 1. The molecule has 0 saturated carbocycles. The van der Waals surface area contributed by atoms with Crippen molar-refractivity contribution in [1.29, 1.82) is 0 Å². The number of rotatable bonds is 5. The van der Waals surface area contributed by atoms with Crippen LogP contribution in [0.4, 0.5) is 0 Å². The van der Waals surface area contributed by atoms with Gasteiger partial charge in [0.15, 0.2) is 0 Å². The zero-order chi connectivity index (χ0) is 12.1. The van der Waals surface area contributed by atoms with Crippen LogP contribution in [0.2, 0.25) is 0 Å². The van der Waals surface area contributed by atoms with E-state index in [1.54, 1.807) is 22.7 Å². The molecule has 0 aromatic carbocycles. The summed E-state index contributed by atoms with van der Waals surface area (Å²) >= 11 is 6.71. The number of amides is 1. The van der Waals surface area contributed by atoms with Crippen LogP contribution >= 0.6 is 38.6 Å². The number of carbonyl (C=O) groups is 1. The zero-order valence-corrected chi connectivity index (χ0v) is 12.3. The van der Waals surface area contributed by atoms with Crippen molar-refractivity contribution in [3.8, 4) is 0 Å². The number of hydrogen-bond acceptors (Lipinski definition) is 3. The fraction of sp³-hybridized carbons (Fsp3) is 0.250. The van der Waals surface area contributed by atoms with Crippen molar-refractivity contribution in [3.05, 3.63) is 43.2 Å². The highest BCUT2D eigenvalue weighted by Crippen LogP contribution is 2.20. The SMILES string of the molecule is O=C(CCc1ccsc1)NCc1csc(Br)c1. The number of aryl methyl sites for hydroxylation is 1. The lowest BCUT2D eigenvalue weighted by molar-refractivity contribution is -0.121. The molecule has 90 valence electrons. The van der Waals surface area contributed by atoms with Gasteiger partial charge in [-0.15, -0.1) is 11.3 Å². The summed E-state index contributed by atoms with van der Waals surface area (Å²) in [6.07, 6.45) is 1.38. The quantitative estimate of drug-likeness (QED) is 0.887. The Hall–Kier alpha value is -0.650. The second-order valence-corrected chi connectivity index (χ2v) is 6.74. The standard InChI is InChI=1S/C12H12BrNOS2/c13-11-5-10(8-17-11)6-14-12(15)2-1-9-3-4-16-7-9/h3-5,7-8H,1-2,6H2,(H,14,15). The van der Waals surface area contributed by atoms with Crippen LogP contribution in [0.3, 0.4) is 0 Å². The predicted molar refractivity (Wildman–Crippen MR) is 76.5 cm³/mol. The Bertz CT molecular complexity index is 478. The first kappa shape index (κ1) is 12.8. The van der Waals surface area contributed by atoms with Gasteiger partial charge in [0, 0.05) is 13.0 Å². The van der Waals surface area contributed by atoms with E-state index in [0.29, 0.717) is 13.0 Å². The van der Waals surface area contributed by atoms with Crippen molar-refractivity contribution in [1.82, 2.24) is 5.32 Å². The molecule has 0 atom stereocenters. The maximum Gasteiger partial charge on any atom is 0.220 e. The Morgan fingerprint density at radius 2 is 2.24 bits per heavy atom. The highest BCUT2D eigenvalue weighted by Gasteiger charge is 2.03. The first-order valence-electron chi connectivity index (χ1n) is 5.25. The second kappa shape index (κ2) is 6.33. The molecule has 0 aliphatic carbocycles. The minimum absolute atomic E-state index is 0.110. The molecule has 1 amide bonds. The van der Waals surface area contributed by atoms with E-state index >= 15 is 0 Å². The Labute approximate surface area is 117 Å². The van der Waals surface area contributed by atoms with Crippen molar-refractivity contribution in [2.75, 3.05) is 0 Å². The van der Waals surface area contributed by atoms with Crippen LogP contribution in [0.25, 0.3) is 0 Å². The van der Waals surface area contributed by atoms with Gasteiger partial charge < -0.3 is 5.32 Å². The van der Waals surface area contributed by atoms with E-state index in [0.717, 1.165) is 15.8 Å². The third-order valence-electron chi connectivity index (χ3n) is 2.33. The maximum atomic E-state index is 11.6. The van der Waals surface area contributed by atoms with Gasteiger partial charge in [-0.25, -0.2) is 0 Å². The summed E-state index contributed by atoms with van der Waals surface area (Å²) in [6, 6.07) is 4.09. The van der Waals surface area contributed by atoms with Crippen LogP contribution in [0.5, 0.6) is 0 Å². The Balaban J connectivity index is 1.71. The molecule has 0 aliphatic rings. The van der Waals surface area contributed by atoms with Crippen molar-refractivity contribution in [3.63, 3.8) is 0 Å². The average Bonchev–Trinajstić information content (AvgIpc) is 2.95. The van der Waals surface area contributed by atoms with Gasteiger partial charge in [-0.1, -0.05) is 0 Å². The fourth-order valence-electron chi connectivity index (χ4n) is 1.42. The van der Waals surface area contributed by atoms with Crippen LogP contribution in [0, 0.1) is 0 Å². The van der Waals surface area contributed by atoms with E-state index in [-0.39, 0.29) is 5.91 Å². The zero-order valence-electron chi connectivity index (χ0n) is 9.11. The molecular weight excluding hydrogens is 318 g/mol. The highest BCUT2D eigenvalue weighted by molar-refractivity contribution is 9.11. The molecule has 2 heterocycles. The van der Waals surface area contributed by atoms with E-state index < -0.39 is 0 Å². The van der Waals surface area contributed by atoms with Crippen molar-refractivity contribution >= 4 is 44.5 Å². The van der Waals surface area contributed by atoms with Crippen molar-refractivity contribution in [2.24, 2.45) is 0 Å². The summed E-state index contributed by atoms with van der Waals surface area (Å²) in [5.41, 5.74) is 2.38. The normalized spacial score (nSPS) is 10.4. The topological polar surface area (TPSA) is 29.1 Å².